The molecule has 4 nitrogen and oxygen atoms in total. The van der Waals surface area contributed by atoms with Gasteiger partial charge in [-0.3, -0.25) is 9.59 Å². The molecule has 3 aromatic rings. The maximum Gasteiger partial charge on any atom is 0.264 e. The fourth-order valence-corrected chi connectivity index (χ4v) is 5.93. The molecule has 0 radical (unpaired) electrons. The number of carbonyl (C=O) groups is 2. The normalized spacial score (nSPS) is 18.2. The number of thiophene rings is 2. The molecule has 1 aliphatic heterocycles. The molecule has 2 amide bonds. The van der Waals surface area contributed by atoms with E-state index in [-0.39, 0.29) is 30.4 Å². The highest BCUT2D eigenvalue weighted by atomic mass is 32.1. The maximum atomic E-state index is 13.6. The predicted octanol–water partition coefficient (Wildman–Crippen LogP) is 4.90. The molecule has 1 saturated carbocycles. The Morgan fingerprint density at radius 1 is 1.03 bits per heavy atom. The van der Waals surface area contributed by atoms with Gasteiger partial charge in [0.15, 0.2) is 0 Å². The van der Waals surface area contributed by atoms with Crippen LogP contribution in [0.5, 0.6) is 0 Å². The second kappa shape index (κ2) is 8.00. The van der Waals surface area contributed by atoms with E-state index in [0.717, 1.165) is 19.3 Å². The maximum absolute atomic E-state index is 13.6. The largest absolute Gasteiger partial charge is 0.330 e. The Hall–Kier alpha value is -2.44. The number of amides is 2. The van der Waals surface area contributed by atoms with Gasteiger partial charge in [0.25, 0.3) is 5.91 Å². The molecular formula is C24H24N2O2S2. The molecule has 2 aromatic heterocycles. The van der Waals surface area contributed by atoms with Crippen molar-refractivity contribution >= 4 is 34.5 Å². The van der Waals surface area contributed by atoms with Gasteiger partial charge in [0.2, 0.25) is 5.91 Å². The molecule has 1 aliphatic carbocycles. The van der Waals surface area contributed by atoms with Crippen LogP contribution < -0.4 is 0 Å². The number of benzene rings is 1. The van der Waals surface area contributed by atoms with Crippen LogP contribution in [0.2, 0.25) is 0 Å². The fraction of sp³-hybridized carbons (Fsp3) is 0.333. The molecule has 154 valence electrons. The molecule has 0 spiro atoms. The number of rotatable bonds is 5. The van der Waals surface area contributed by atoms with Crippen molar-refractivity contribution in [2.75, 3.05) is 13.1 Å². The summed E-state index contributed by atoms with van der Waals surface area (Å²) in [7, 11) is 0. The van der Waals surface area contributed by atoms with Crippen LogP contribution in [0.1, 0.15) is 50.1 Å². The Kier molecular flexibility index (Phi) is 5.21. The number of aryl methyl sites for hydroxylation is 1. The van der Waals surface area contributed by atoms with E-state index >= 15 is 0 Å². The average Bonchev–Trinajstić information content (AvgIpc) is 3.24. The van der Waals surface area contributed by atoms with Gasteiger partial charge in [0.05, 0.1) is 10.9 Å². The zero-order valence-corrected chi connectivity index (χ0v) is 18.5. The van der Waals surface area contributed by atoms with Gasteiger partial charge in [0, 0.05) is 17.5 Å². The lowest BCUT2D eigenvalue weighted by Crippen LogP contribution is -2.47. The van der Waals surface area contributed by atoms with Crippen molar-refractivity contribution in [1.82, 2.24) is 9.80 Å². The monoisotopic (exact) mass is 436 g/mol. The van der Waals surface area contributed by atoms with E-state index in [1.807, 2.05) is 34.5 Å². The standard InChI is InChI=1S/C24H24N2O2S2/c1-16-5-2-3-6-18(16)23-19-11-14-30-20(19)10-12-25(23)22(27)15-26(17-8-9-17)24(28)21-7-4-13-29-21/h2-7,11,13-14,17,23H,8-10,12,15H2,1H3. The molecule has 30 heavy (non-hydrogen) atoms. The van der Waals surface area contributed by atoms with Crippen molar-refractivity contribution in [3.8, 4) is 0 Å². The summed E-state index contributed by atoms with van der Waals surface area (Å²) in [5, 5.41) is 4.04. The van der Waals surface area contributed by atoms with Crippen molar-refractivity contribution in [3.63, 3.8) is 0 Å². The zero-order chi connectivity index (χ0) is 20.7. The number of hydrogen-bond donors (Lipinski definition) is 0. The first-order valence-electron chi connectivity index (χ1n) is 10.4. The Bertz CT molecular complexity index is 1070. The van der Waals surface area contributed by atoms with Crippen molar-refractivity contribution in [2.45, 2.75) is 38.3 Å². The lowest BCUT2D eigenvalue weighted by molar-refractivity contribution is -0.134. The summed E-state index contributed by atoms with van der Waals surface area (Å²) in [6.07, 6.45) is 2.85. The van der Waals surface area contributed by atoms with Gasteiger partial charge in [-0.1, -0.05) is 30.3 Å². The Morgan fingerprint density at radius 2 is 1.87 bits per heavy atom. The molecule has 1 fully saturated rings. The van der Waals surface area contributed by atoms with Crippen molar-refractivity contribution < 1.29 is 9.59 Å². The molecule has 0 bridgehead atoms. The van der Waals surface area contributed by atoms with Gasteiger partial charge in [0.1, 0.15) is 6.54 Å². The second-order valence-electron chi connectivity index (χ2n) is 8.04. The first-order valence-corrected chi connectivity index (χ1v) is 12.1. The average molecular weight is 437 g/mol. The van der Waals surface area contributed by atoms with Gasteiger partial charge < -0.3 is 9.80 Å². The first-order chi connectivity index (χ1) is 14.6. The summed E-state index contributed by atoms with van der Waals surface area (Å²) < 4.78 is 0. The van der Waals surface area contributed by atoms with Crippen LogP contribution in [0.4, 0.5) is 0 Å². The number of nitrogens with zero attached hydrogens (tertiary/aromatic N) is 2. The molecule has 3 heterocycles. The van der Waals surface area contributed by atoms with Crippen LogP contribution in [-0.4, -0.2) is 40.7 Å². The second-order valence-corrected chi connectivity index (χ2v) is 9.99. The molecule has 2 aliphatic rings. The van der Waals surface area contributed by atoms with E-state index in [2.05, 4.69) is 30.5 Å². The van der Waals surface area contributed by atoms with Crippen LogP contribution in [0.25, 0.3) is 0 Å². The van der Waals surface area contributed by atoms with Crippen LogP contribution in [0.15, 0.2) is 53.2 Å². The third-order valence-electron chi connectivity index (χ3n) is 6.06. The fourth-order valence-electron chi connectivity index (χ4n) is 4.35. The third-order valence-corrected chi connectivity index (χ3v) is 7.91. The van der Waals surface area contributed by atoms with Gasteiger partial charge in [-0.05, 0) is 65.8 Å². The van der Waals surface area contributed by atoms with E-state index in [9.17, 15) is 9.59 Å². The Morgan fingerprint density at radius 3 is 2.60 bits per heavy atom. The molecule has 0 N–H and O–H groups in total. The molecule has 1 unspecified atom stereocenters. The number of carbonyl (C=O) groups excluding carboxylic acids is 2. The molecule has 1 aromatic carbocycles. The van der Waals surface area contributed by atoms with Crippen LogP contribution >= 0.6 is 22.7 Å². The number of hydrogen-bond acceptors (Lipinski definition) is 4. The molecule has 6 heteroatoms. The summed E-state index contributed by atoms with van der Waals surface area (Å²) in [5.74, 6) is 0.0263. The Labute approximate surface area is 184 Å². The Balaban J connectivity index is 1.45. The highest BCUT2D eigenvalue weighted by molar-refractivity contribution is 7.12. The van der Waals surface area contributed by atoms with Crippen LogP contribution in [0, 0.1) is 6.92 Å². The molecule has 5 rings (SSSR count). The van der Waals surface area contributed by atoms with Gasteiger partial charge in [-0.25, -0.2) is 0 Å². The first kappa shape index (κ1) is 19.5. The van der Waals surface area contributed by atoms with Gasteiger partial charge in [-0.15, -0.1) is 22.7 Å². The predicted molar refractivity (Wildman–Crippen MR) is 121 cm³/mol. The van der Waals surface area contributed by atoms with Gasteiger partial charge >= 0.3 is 0 Å². The topological polar surface area (TPSA) is 40.6 Å². The lowest BCUT2D eigenvalue weighted by atomic mass is 9.90. The highest BCUT2D eigenvalue weighted by Gasteiger charge is 2.38. The highest BCUT2D eigenvalue weighted by Crippen LogP contribution is 2.39. The van der Waals surface area contributed by atoms with E-state index in [1.165, 1.54) is 32.9 Å². The van der Waals surface area contributed by atoms with Crippen molar-refractivity contribution in [1.29, 1.82) is 0 Å². The van der Waals surface area contributed by atoms with Gasteiger partial charge in [-0.2, -0.15) is 0 Å². The van der Waals surface area contributed by atoms with E-state index < -0.39 is 0 Å². The van der Waals surface area contributed by atoms with Crippen molar-refractivity contribution in [3.05, 3.63) is 79.7 Å². The summed E-state index contributed by atoms with van der Waals surface area (Å²) in [6, 6.07) is 14.3. The zero-order valence-electron chi connectivity index (χ0n) is 16.9. The summed E-state index contributed by atoms with van der Waals surface area (Å²) in [4.78, 5) is 32.5. The summed E-state index contributed by atoms with van der Waals surface area (Å²) in [6.45, 7) is 2.95. The van der Waals surface area contributed by atoms with Crippen LogP contribution in [-0.2, 0) is 11.2 Å². The van der Waals surface area contributed by atoms with E-state index in [4.69, 9.17) is 0 Å². The smallest absolute Gasteiger partial charge is 0.264 e. The molecule has 0 saturated heterocycles. The number of fused-ring (bicyclic) bond motifs is 1. The van der Waals surface area contributed by atoms with Crippen molar-refractivity contribution in [2.24, 2.45) is 0 Å². The minimum Gasteiger partial charge on any atom is -0.330 e. The summed E-state index contributed by atoms with van der Waals surface area (Å²) >= 11 is 3.22. The minimum atomic E-state index is -0.0772. The van der Waals surface area contributed by atoms with Crippen LogP contribution in [0.3, 0.4) is 0 Å². The van der Waals surface area contributed by atoms with E-state index in [0.29, 0.717) is 11.4 Å². The molecular weight excluding hydrogens is 412 g/mol. The quantitative estimate of drug-likeness (QED) is 0.571. The van der Waals surface area contributed by atoms with E-state index in [1.54, 1.807) is 16.2 Å². The third kappa shape index (κ3) is 3.59. The lowest BCUT2D eigenvalue weighted by Gasteiger charge is -2.38. The minimum absolute atomic E-state index is 0.0125. The molecule has 1 atom stereocenters. The SMILES string of the molecule is Cc1ccccc1C1c2ccsc2CCN1C(=O)CN(C(=O)c1cccs1)C1CC1. The summed E-state index contributed by atoms with van der Waals surface area (Å²) in [5.41, 5.74) is 3.59.